The Morgan fingerprint density at radius 2 is 1.35 bits per heavy atom. The molecule has 1 fully saturated rings. The van der Waals surface area contributed by atoms with Crippen molar-refractivity contribution in [2.45, 2.75) is 26.2 Å². The predicted molar refractivity (Wildman–Crippen MR) is 133 cm³/mol. The Hall–Kier alpha value is -4.06. The molecule has 174 valence electrons. The van der Waals surface area contributed by atoms with Crippen LogP contribution >= 0.6 is 0 Å². The van der Waals surface area contributed by atoms with Gasteiger partial charge in [-0.25, -0.2) is 5.01 Å². The molecule has 2 amide bonds. The van der Waals surface area contributed by atoms with Gasteiger partial charge < -0.3 is 9.47 Å². The maximum atomic E-state index is 12.7. The lowest BCUT2D eigenvalue weighted by molar-refractivity contribution is -0.117. The van der Waals surface area contributed by atoms with Crippen molar-refractivity contribution in [2.24, 2.45) is 0 Å². The topological polar surface area (TPSA) is 67.9 Å². The van der Waals surface area contributed by atoms with Crippen LogP contribution in [-0.4, -0.2) is 25.0 Å². The van der Waals surface area contributed by atoms with Crippen LogP contribution in [0.4, 0.5) is 5.69 Å². The molecule has 1 aliphatic heterocycles. The molecule has 34 heavy (non-hydrogen) atoms. The zero-order valence-electron chi connectivity index (χ0n) is 19.6. The van der Waals surface area contributed by atoms with Gasteiger partial charge in [0.2, 0.25) is 0 Å². The SMILES string of the molecule is CC(C)(C)c1ccc(OCCOc2ccc(C=C3C(=O)NN(c4ccccc4)C3=O)cc2)cc1. The highest BCUT2D eigenvalue weighted by Gasteiger charge is 2.34. The Labute approximate surface area is 199 Å². The first kappa shape index (κ1) is 23.1. The summed E-state index contributed by atoms with van der Waals surface area (Å²) in [6.07, 6.45) is 1.58. The Kier molecular flexibility index (Phi) is 6.68. The third kappa shape index (κ3) is 5.46. The van der Waals surface area contributed by atoms with Gasteiger partial charge in [0.05, 0.1) is 5.69 Å². The minimum Gasteiger partial charge on any atom is -0.490 e. The molecule has 4 rings (SSSR count). The molecule has 0 radical (unpaired) electrons. The number of carbonyl (C=O) groups excluding carboxylic acids is 2. The summed E-state index contributed by atoms with van der Waals surface area (Å²) >= 11 is 0. The van der Waals surface area contributed by atoms with Crippen LogP contribution in [0.2, 0.25) is 0 Å². The van der Waals surface area contributed by atoms with Crippen molar-refractivity contribution in [1.29, 1.82) is 0 Å². The quantitative estimate of drug-likeness (QED) is 0.312. The number of hydrogen-bond acceptors (Lipinski definition) is 4. The molecule has 1 N–H and O–H groups in total. The fourth-order valence-electron chi connectivity index (χ4n) is 3.51. The molecule has 6 heteroatoms. The van der Waals surface area contributed by atoms with Gasteiger partial charge in [-0.15, -0.1) is 0 Å². The molecule has 0 bridgehead atoms. The van der Waals surface area contributed by atoms with E-state index >= 15 is 0 Å². The van der Waals surface area contributed by atoms with Gasteiger partial charge in [-0.05, 0) is 59.0 Å². The maximum absolute atomic E-state index is 12.7. The number of carbonyl (C=O) groups is 2. The third-order valence-electron chi connectivity index (χ3n) is 5.44. The summed E-state index contributed by atoms with van der Waals surface area (Å²) in [5, 5.41) is 1.25. The highest BCUT2D eigenvalue weighted by Crippen LogP contribution is 2.25. The summed E-state index contributed by atoms with van der Waals surface area (Å²) in [4.78, 5) is 25.0. The molecule has 3 aromatic rings. The van der Waals surface area contributed by atoms with Gasteiger partial charge in [-0.2, -0.15) is 0 Å². The Bertz CT molecular complexity index is 1180. The molecular weight excluding hydrogens is 428 g/mol. The van der Waals surface area contributed by atoms with Crippen LogP contribution in [0, 0.1) is 0 Å². The maximum Gasteiger partial charge on any atom is 0.282 e. The van der Waals surface area contributed by atoms with Crippen LogP contribution in [0.1, 0.15) is 31.9 Å². The van der Waals surface area contributed by atoms with E-state index in [-0.39, 0.29) is 16.9 Å². The number of anilines is 1. The van der Waals surface area contributed by atoms with Gasteiger partial charge in [-0.3, -0.25) is 15.0 Å². The van der Waals surface area contributed by atoms with E-state index in [0.29, 0.717) is 24.7 Å². The summed E-state index contributed by atoms with van der Waals surface area (Å²) < 4.78 is 11.5. The zero-order valence-corrected chi connectivity index (χ0v) is 19.6. The summed E-state index contributed by atoms with van der Waals surface area (Å²) in [5.74, 6) is 0.677. The summed E-state index contributed by atoms with van der Waals surface area (Å²) in [6.45, 7) is 7.35. The molecule has 0 unspecified atom stereocenters. The van der Waals surface area contributed by atoms with Crippen LogP contribution in [0.3, 0.4) is 0 Å². The van der Waals surface area contributed by atoms with Crippen molar-refractivity contribution in [1.82, 2.24) is 5.43 Å². The summed E-state index contributed by atoms with van der Waals surface area (Å²) in [6, 6.07) is 24.3. The molecule has 1 heterocycles. The van der Waals surface area contributed by atoms with E-state index in [0.717, 1.165) is 11.3 Å². The zero-order chi connectivity index (χ0) is 24.1. The number of nitrogens with one attached hydrogen (secondary N) is 1. The number of benzene rings is 3. The Morgan fingerprint density at radius 3 is 1.91 bits per heavy atom. The largest absolute Gasteiger partial charge is 0.490 e. The molecule has 0 spiro atoms. The molecular formula is C28H28N2O4. The van der Waals surface area contributed by atoms with Gasteiger partial charge in [0.1, 0.15) is 30.3 Å². The van der Waals surface area contributed by atoms with Gasteiger partial charge in [0.25, 0.3) is 11.8 Å². The first-order valence-electron chi connectivity index (χ1n) is 11.2. The number of hydrazine groups is 1. The minimum absolute atomic E-state index is 0.0865. The van der Waals surface area contributed by atoms with Crippen molar-refractivity contribution in [3.05, 3.63) is 95.6 Å². The van der Waals surface area contributed by atoms with Gasteiger partial charge in [-0.1, -0.05) is 63.2 Å². The van der Waals surface area contributed by atoms with Crippen molar-refractivity contribution >= 4 is 23.6 Å². The van der Waals surface area contributed by atoms with Crippen LogP contribution in [0.5, 0.6) is 11.5 Å². The summed E-state index contributed by atoms with van der Waals surface area (Å²) in [5.41, 5.74) is 5.40. The van der Waals surface area contributed by atoms with E-state index in [9.17, 15) is 9.59 Å². The first-order valence-corrected chi connectivity index (χ1v) is 11.2. The minimum atomic E-state index is -0.429. The van der Waals surface area contributed by atoms with Crippen molar-refractivity contribution in [3.63, 3.8) is 0 Å². The van der Waals surface area contributed by atoms with E-state index < -0.39 is 5.91 Å². The first-order chi connectivity index (χ1) is 16.3. The Balaban J connectivity index is 1.30. The standard InChI is InChI=1S/C28H28N2O4/c1-28(2,3)21-11-15-24(16-12-21)34-18-17-33-23-13-9-20(10-14-23)19-25-26(31)29-30(27(25)32)22-7-5-4-6-8-22/h4-16,19H,17-18H2,1-3H3,(H,29,31). The molecule has 0 atom stereocenters. The number of para-hydroxylation sites is 1. The van der Waals surface area contributed by atoms with E-state index in [2.05, 4.69) is 38.3 Å². The molecule has 0 aliphatic carbocycles. The second-order valence-electron chi connectivity index (χ2n) is 9.02. The van der Waals surface area contributed by atoms with Gasteiger partial charge in [0.15, 0.2) is 0 Å². The number of rotatable bonds is 7. The highest BCUT2D eigenvalue weighted by atomic mass is 16.5. The monoisotopic (exact) mass is 456 g/mol. The highest BCUT2D eigenvalue weighted by molar-refractivity contribution is 6.31. The lowest BCUT2D eigenvalue weighted by atomic mass is 9.87. The van der Waals surface area contributed by atoms with Crippen molar-refractivity contribution in [3.8, 4) is 11.5 Å². The second-order valence-corrected chi connectivity index (χ2v) is 9.02. The molecule has 3 aromatic carbocycles. The fourth-order valence-corrected chi connectivity index (χ4v) is 3.51. The lowest BCUT2D eigenvalue weighted by Crippen LogP contribution is -2.35. The normalized spacial score (nSPS) is 14.9. The fraction of sp³-hybridized carbons (Fsp3) is 0.214. The van der Waals surface area contributed by atoms with E-state index in [4.69, 9.17) is 9.47 Å². The second kappa shape index (κ2) is 9.83. The third-order valence-corrected chi connectivity index (χ3v) is 5.44. The molecule has 1 saturated heterocycles. The Morgan fingerprint density at radius 1 is 0.794 bits per heavy atom. The number of ether oxygens (including phenoxy) is 2. The average Bonchev–Trinajstić information content (AvgIpc) is 3.11. The molecule has 0 saturated carbocycles. The van der Waals surface area contributed by atoms with E-state index in [1.54, 1.807) is 42.5 Å². The predicted octanol–water partition coefficient (Wildman–Crippen LogP) is 4.90. The van der Waals surface area contributed by atoms with Crippen LogP contribution in [0.25, 0.3) is 6.08 Å². The lowest BCUT2D eigenvalue weighted by Gasteiger charge is -2.19. The van der Waals surface area contributed by atoms with E-state index in [1.165, 1.54) is 10.6 Å². The number of nitrogens with zero attached hydrogens (tertiary/aromatic N) is 1. The van der Waals surface area contributed by atoms with Crippen molar-refractivity contribution < 1.29 is 19.1 Å². The number of amides is 2. The van der Waals surface area contributed by atoms with E-state index in [1.807, 2.05) is 30.3 Å². The van der Waals surface area contributed by atoms with Gasteiger partial charge >= 0.3 is 0 Å². The summed E-state index contributed by atoms with van der Waals surface area (Å²) in [7, 11) is 0. The molecule has 6 nitrogen and oxygen atoms in total. The molecule has 1 aliphatic rings. The van der Waals surface area contributed by atoms with Crippen LogP contribution in [0.15, 0.2) is 84.4 Å². The van der Waals surface area contributed by atoms with Crippen molar-refractivity contribution in [2.75, 3.05) is 18.2 Å². The molecule has 0 aromatic heterocycles. The van der Waals surface area contributed by atoms with Gasteiger partial charge in [0, 0.05) is 0 Å². The number of hydrogen-bond donors (Lipinski definition) is 1. The smallest absolute Gasteiger partial charge is 0.282 e. The average molecular weight is 457 g/mol. The van der Waals surface area contributed by atoms with Crippen LogP contribution in [-0.2, 0) is 15.0 Å². The van der Waals surface area contributed by atoms with Crippen LogP contribution < -0.4 is 19.9 Å².